The number of aryl methyl sites for hydroxylation is 1. The van der Waals surface area contributed by atoms with E-state index < -0.39 is 0 Å². The number of pyridine rings is 1. The summed E-state index contributed by atoms with van der Waals surface area (Å²) in [4.78, 5) is 26.6. The molecule has 1 aliphatic rings. The van der Waals surface area contributed by atoms with Crippen molar-refractivity contribution in [3.8, 4) is 5.88 Å². The highest BCUT2D eigenvalue weighted by Gasteiger charge is 2.26. The van der Waals surface area contributed by atoms with E-state index >= 15 is 0 Å². The number of carbonyl (C=O) groups excluding carboxylic acids is 1. The van der Waals surface area contributed by atoms with Crippen molar-refractivity contribution in [1.29, 1.82) is 0 Å². The standard InChI is InChI=1S/C16H18N4O2/c1-12-14(5-2-7-18-12)16(21)20-9-3-4-13(10-20)22-15-6-8-17-11-19-15/h2,5-8,11,13H,3-4,9-10H2,1H3/t13-/m1/s1. The van der Waals surface area contributed by atoms with Gasteiger partial charge in [0.1, 0.15) is 12.4 Å². The molecule has 0 saturated carbocycles. The van der Waals surface area contributed by atoms with Crippen LogP contribution in [0.3, 0.4) is 0 Å². The highest BCUT2D eigenvalue weighted by atomic mass is 16.5. The van der Waals surface area contributed by atoms with Crippen molar-refractivity contribution < 1.29 is 9.53 Å². The van der Waals surface area contributed by atoms with E-state index in [1.807, 2.05) is 17.9 Å². The molecule has 1 atom stereocenters. The molecule has 3 rings (SSSR count). The number of amides is 1. The van der Waals surface area contributed by atoms with Gasteiger partial charge in [0.25, 0.3) is 5.91 Å². The Balaban J connectivity index is 1.68. The van der Waals surface area contributed by atoms with Crippen LogP contribution in [-0.4, -0.2) is 45.0 Å². The minimum absolute atomic E-state index is 0.0154. The van der Waals surface area contributed by atoms with E-state index in [1.54, 1.807) is 24.5 Å². The number of hydrogen-bond donors (Lipinski definition) is 0. The van der Waals surface area contributed by atoms with Gasteiger partial charge >= 0.3 is 0 Å². The van der Waals surface area contributed by atoms with Gasteiger partial charge in [0.2, 0.25) is 5.88 Å². The van der Waals surface area contributed by atoms with Gasteiger partial charge in [-0.1, -0.05) is 0 Å². The number of nitrogens with zero attached hydrogens (tertiary/aromatic N) is 4. The van der Waals surface area contributed by atoms with E-state index in [4.69, 9.17) is 4.74 Å². The van der Waals surface area contributed by atoms with E-state index in [2.05, 4.69) is 15.0 Å². The molecule has 114 valence electrons. The third-order valence-corrected chi connectivity index (χ3v) is 3.74. The molecule has 0 aliphatic carbocycles. The van der Waals surface area contributed by atoms with Crippen LogP contribution in [0.1, 0.15) is 28.9 Å². The summed E-state index contributed by atoms with van der Waals surface area (Å²) in [6, 6.07) is 5.34. The molecule has 0 spiro atoms. The second kappa shape index (κ2) is 6.51. The number of carbonyl (C=O) groups is 1. The SMILES string of the molecule is Cc1ncccc1C(=O)N1CCC[C@@H](Oc2ccncn2)C1. The van der Waals surface area contributed by atoms with Crippen molar-refractivity contribution in [2.24, 2.45) is 0 Å². The molecule has 0 radical (unpaired) electrons. The van der Waals surface area contributed by atoms with E-state index in [0.29, 0.717) is 18.0 Å². The Bertz CT molecular complexity index is 648. The molecule has 0 bridgehead atoms. The van der Waals surface area contributed by atoms with Gasteiger partial charge < -0.3 is 9.64 Å². The van der Waals surface area contributed by atoms with Gasteiger partial charge in [-0.15, -0.1) is 0 Å². The molecule has 0 N–H and O–H groups in total. The monoisotopic (exact) mass is 298 g/mol. The van der Waals surface area contributed by atoms with Crippen molar-refractivity contribution in [3.63, 3.8) is 0 Å². The quantitative estimate of drug-likeness (QED) is 0.865. The summed E-state index contributed by atoms with van der Waals surface area (Å²) in [5.74, 6) is 0.563. The van der Waals surface area contributed by atoms with Gasteiger partial charge in [0.15, 0.2) is 0 Å². The molecule has 2 aromatic rings. The normalized spacial score (nSPS) is 18.0. The van der Waals surface area contributed by atoms with E-state index in [0.717, 1.165) is 25.1 Å². The first-order chi connectivity index (χ1) is 10.7. The molecule has 3 heterocycles. The Morgan fingerprint density at radius 1 is 1.32 bits per heavy atom. The average Bonchev–Trinajstić information content (AvgIpc) is 2.56. The van der Waals surface area contributed by atoms with Crippen LogP contribution in [0.4, 0.5) is 0 Å². The fourth-order valence-corrected chi connectivity index (χ4v) is 2.62. The van der Waals surface area contributed by atoms with Gasteiger partial charge in [0.05, 0.1) is 12.1 Å². The number of likely N-dealkylation sites (tertiary alicyclic amines) is 1. The zero-order valence-electron chi connectivity index (χ0n) is 12.5. The van der Waals surface area contributed by atoms with Crippen LogP contribution in [-0.2, 0) is 0 Å². The molecule has 1 fully saturated rings. The zero-order chi connectivity index (χ0) is 15.4. The first kappa shape index (κ1) is 14.4. The van der Waals surface area contributed by atoms with Gasteiger partial charge in [-0.25, -0.2) is 9.97 Å². The first-order valence-corrected chi connectivity index (χ1v) is 7.37. The summed E-state index contributed by atoms with van der Waals surface area (Å²) in [6.45, 7) is 3.17. The fraction of sp³-hybridized carbons (Fsp3) is 0.375. The highest BCUT2D eigenvalue weighted by molar-refractivity contribution is 5.95. The second-order valence-corrected chi connectivity index (χ2v) is 5.32. The summed E-state index contributed by atoms with van der Waals surface area (Å²) in [5, 5.41) is 0. The highest BCUT2D eigenvalue weighted by Crippen LogP contribution is 2.18. The van der Waals surface area contributed by atoms with Crippen LogP contribution < -0.4 is 4.74 Å². The van der Waals surface area contributed by atoms with Gasteiger partial charge in [0, 0.05) is 30.7 Å². The maximum atomic E-state index is 12.6. The molecule has 6 heteroatoms. The Hall–Kier alpha value is -2.50. The average molecular weight is 298 g/mol. The molecule has 6 nitrogen and oxygen atoms in total. The predicted molar refractivity (Wildman–Crippen MR) is 80.6 cm³/mol. The van der Waals surface area contributed by atoms with Gasteiger partial charge in [-0.3, -0.25) is 9.78 Å². The van der Waals surface area contributed by atoms with Crippen molar-refractivity contribution in [2.75, 3.05) is 13.1 Å². The Kier molecular flexibility index (Phi) is 4.27. The number of hydrogen-bond acceptors (Lipinski definition) is 5. The summed E-state index contributed by atoms with van der Waals surface area (Å²) in [5.41, 5.74) is 1.41. The van der Waals surface area contributed by atoms with E-state index in [9.17, 15) is 4.79 Å². The Morgan fingerprint density at radius 3 is 3.00 bits per heavy atom. The third kappa shape index (κ3) is 3.21. The molecular formula is C16H18N4O2. The molecule has 2 aromatic heterocycles. The second-order valence-electron chi connectivity index (χ2n) is 5.32. The van der Waals surface area contributed by atoms with Crippen LogP contribution in [0.15, 0.2) is 36.9 Å². The summed E-state index contributed by atoms with van der Waals surface area (Å²) >= 11 is 0. The number of rotatable bonds is 3. The lowest BCUT2D eigenvalue weighted by Crippen LogP contribution is -2.44. The maximum absolute atomic E-state index is 12.6. The molecule has 0 aromatic carbocycles. The van der Waals surface area contributed by atoms with Crippen LogP contribution in [0, 0.1) is 6.92 Å². The van der Waals surface area contributed by atoms with Crippen molar-refractivity contribution in [2.45, 2.75) is 25.9 Å². The maximum Gasteiger partial charge on any atom is 0.255 e. The zero-order valence-corrected chi connectivity index (χ0v) is 12.5. The van der Waals surface area contributed by atoms with Crippen LogP contribution in [0.2, 0.25) is 0 Å². The lowest BCUT2D eigenvalue weighted by Gasteiger charge is -2.32. The molecule has 1 aliphatic heterocycles. The molecule has 1 amide bonds. The van der Waals surface area contributed by atoms with Gasteiger partial charge in [-0.05, 0) is 31.9 Å². The summed E-state index contributed by atoms with van der Waals surface area (Å²) < 4.78 is 5.84. The Labute approximate surface area is 129 Å². The van der Waals surface area contributed by atoms with Gasteiger partial charge in [-0.2, -0.15) is 0 Å². The number of aromatic nitrogens is 3. The van der Waals surface area contributed by atoms with Crippen molar-refractivity contribution in [1.82, 2.24) is 19.9 Å². The molecule has 1 saturated heterocycles. The summed E-state index contributed by atoms with van der Waals surface area (Å²) in [7, 11) is 0. The van der Waals surface area contributed by atoms with Crippen LogP contribution in [0.25, 0.3) is 0 Å². The lowest BCUT2D eigenvalue weighted by atomic mass is 10.1. The Morgan fingerprint density at radius 2 is 2.23 bits per heavy atom. The van der Waals surface area contributed by atoms with Crippen molar-refractivity contribution in [3.05, 3.63) is 48.2 Å². The minimum Gasteiger partial charge on any atom is -0.472 e. The third-order valence-electron chi connectivity index (χ3n) is 3.74. The summed E-state index contributed by atoms with van der Waals surface area (Å²) in [6.07, 6.45) is 6.60. The smallest absolute Gasteiger partial charge is 0.255 e. The van der Waals surface area contributed by atoms with Crippen LogP contribution in [0.5, 0.6) is 5.88 Å². The van der Waals surface area contributed by atoms with E-state index in [-0.39, 0.29) is 12.0 Å². The van der Waals surface area contributed by atoms with Crippen LogP contribution >= 0.6 is 0 Å². The topological polar surface area (TPSA) is 68.2 Å². The van der Waals surface area contributed by atoms with Crippen molar-refractivity contribution >= 4 is 5.91 Å². The number of ether oxygens (including phenoxy) is 1. The molecule has 0 unspecified atom stereocenters. The van der Waals surface area contributed by atoms with E-state index in [1.165, 1.54) is 6.33 Å². The fourth-order valence-electron chi connectivity index (χ4n) is 2.62. The molecular weight excluding hydrogens is 280 g/mol. The lowest BCUT2D eigenvalue weighted by molar-refractivity contribution is 0.0526. The first-order valence-electron chi connectivity index (χ1n) is 7.37. The molecule has 22 heavy (non-hydrogen) atoms. The minimum atomic E-state index is -0.0374. The largest absolute Gasteiger partial charge is 0.472 e. The number of piperidine rings is 1. The predicted octanol–water partition coefficient (Wildman–Crippen LogP) is 1.86.